The molecule has 0 heterocycles. The van der Waals surface area contributed by atoms with Gasteiger partial charge in [0, 0.05) is 26.4 Å². The number of carbonyl (C=O) groups is 1. The Bertz CT molecular complexity index is 633. The van der Waals surface area contributed by atoms with Gasteiger partial charge in [-0.25, -0.2) is 4.99 Å². The molecule has 0 aliphatic rings. The number of carbonyl (C=O) groups excluding carboxylic acids is 1. The van der Waals surface area contributed by atoms with E-state index in [1.54, 1.807) is 0 Å². The third kappa shape index (κ3) is 8.55. The fourth-order valence-electron chi connectivity index (χ4n) is 3.12. The summed E-state index contributed by atoms with van der Waals surface area (Å²) in [5, 5.41) is 0. The van der Waals surface area contributed by atoms with Crippen molar-refractivity contribution in [2.24, 2.45) is 10.4 Å². The van der Waals surface area contributed by atoms with Crippen molar-refractivity contribution in [1.29, 1.82) is 0 Å². The van der Waals surface area contributed by atoms with Crippen molar-refractivity contribution in [3.05, 3.63) is 47.7 Å². The molecule has 0 rings (SSSR count). The van der Waals surface area contributed by atoms with Gasteiger partial charge < -0.3 is 4.90 Å². The molecule has 0 aromatic carbocycles. The normalized spacial score (nSPS) is 13.6. The van der Waals surface area contributed by atoms with Crippen LogP contribution in [0.25, 0.3) is 0 Å². The highest BCUT2D eigenvalue weighted by Gasteiger charge is 2.23. The molecule has 3 heteroatoms. The van der Waals surface area contributed by atoms with Gasteiger partial charge in [-0.3, -0.25) is 4.79 Å². The third-order valence-corrected chi connectivity index (χ3v) is 4.98. The molecular weight excluding hydrogens is 332 g/mol. The van der Waals surface area contributed by atoms with Crippen LogP contribution in [-0.4, -0.2) is 30.1 Å². The molecule has 0 aliphatic heterocycles. The molecule has 0 N–H and O–H groups in total. The molecule has 0 aromatic rings. The van der Waals surface area contributed by atoms with Crippen LogP contribution in [0.4, 0.5) is 0 Å². The first-order chi connectivity index (χ1) is 12.5. The van der Waals surface area contributed by atoms with E-state index in [2.05, 4.69) is 51.9 Å². The highest BCUT2D eigenvalue weighted by molar-refractivity contribution is 5.82. The Kier molecular flexibility index (Phi) is 10.9. The molecule has 0 aromatic heterocycles. The molecule has 3 nitrogen and oxygen atoms in total. The summed E-state index contributed by atoms with van der Waals surface area (Å²) in [4.78, 5) is 18.2. The number of amidine groups is 1. The predicted octanol–water partition coefficient (Wildman–Crippen LogP) is 6.49. The molecule has 0 fully saturated rings. The van der Waals surface area contributed by atoms with Crippen LogP contribution in [0.15, 0.2) is 52.7 Å². The maximum Gasteiger partial charge on any atom is 0.134 e. The quantitative estimate of drug-likeness (QED) is 0.236. The third-order valence-electron chi connectivity index (χ3n) is 4.98. The Morgan fingerprint density at radius 1 is 1.19 bits per heavy atom. The van der Waals surface area contributed by atoms with Crippen LogP contribution >= 0.6 is 0 Å². The lowest BCUT2D eigenvalue weighted by atomic mass is 9.76. The van der Waals surface area contributed by atoms with Gasteiger partial charge in [-0.15, -0.1) is 0 Å². The first-order valence-electron chi connectivity index (χ1n) is 10.0. The molecule has 27 heavy (non-hydrogen) atoms. The molecule has 0 spiro atoms. The van der Waals surface area contributed by atoms with Crippen molar-refractivity contribution in [3.8, 4) is 0 Å². The number of allylic oxidation sites excluding steroid dienone is 4. The number of rotatable bonds is 11. The number of Topliss-reactive ketones (excluding diaryl/α,β-unsaturated/α-hetero) is 1. The van der Waals surface area contributed by atoms with Gasteiger partial charge in [0.2, 0.25) is 0 Å². The van der Waals surface area contributed by atoms with Gasteiger partial charge in [-0.2, -0.15) is 0 Å². The largest absolute Gasteiger partial charge is 0.363 e. The second kappa shape index (κ2) is 11.7. The second-order valence-electron chi connectivity index (χ2n) is 7.89. The number of hydrogen-bond donors (Lipinski definition) is 0. The number of nitrogens with zero attached hydrogens (tertiary/aromatic N) is 2. The molecule has 0 amide bonds. The van der Waals surface area contributed by atoms with E-state index >= 15 is 0 Å². The molecule has 0 unspecified atom stereocenters. The number of hydrogen-bond acceptors (Lipinski definition) is 2. The van der Waals surface area contributed by atoms with Crippen molar-refractivity contribution in [3.63, 3.8) is 0 Å². The summed E-state index contributed by atoms with van der Waals surface area (Å²) in [5.41, 5.74) is 4.12. The fourth-order valence-corrected chi connectivity index (χ4v) is 3.12. The second-order valence-corrected chi connectivity index (χ2v) is 7.89. The van der Waals surface area contributed by atoms with E-state index in [9.17, 15) is 4.79 Å². The lowest BCUT2D eigenvalue weighted by molar-refractivity contribution is -0.118. The van der Waals surface area contributed by atoms with E-state index in [0.717, 1.165) is 35.5 Å². The Labute approximate surface area is 167 Å². The highest BCUT2D eigenvalue weighted by atomic mass is 16.1. The molecule has 0 aliphatic carbocycles. The molecular formula is C24H40N2O. The topological polar surface area (TPSA) is 32.7 Å². The lowest BCUT2D eigenvalue weighted by Gasteiger charge is -2.29. The summed E-state index contributed by atoms with van der Waals surface area (Å²) in [7, 11) is 1.96. The van der Waals surface area contributed by atoms with Gasteiger partial charge in [0.05, 0.1) is 5.70 Å². The summed E-state index contributed by atoms with van der Waals surface area (Å²) < 4.78 is 0. The monoisotopic (exact) mass is 372 g/mol. The van der Waals surface area contributed by atoms with Gasteiger partial charge in [-0.1, -0.05) is 58.9 Å². The number of aliphatic imine (C=N–C) groups is 1. The molecule has 0 saturated carbocycles. The van der Waals surface area contributed by atoms with E-state index in [1.807, 2.05) is 38.8 Å². The van der Waals surface area contributed by atoms with Gasteiger partial charge in [0.1, 0.15) is 11.6 Å². The van der Waals surface area contributed by atoms with E-state index in [1.165, 1.54) is 5.57 Å². The van der Waals surface area contributed by atoms with Crippen LogP contribution in [0.5, 0.6) is 0 Å². The van der Waals surface area contributed by atoms with Crippen LogP contribution < -0.4 is 0 Å². The molecule has 152 valence electrons. The van der Waals surface area contributed by atoms with E-state index < -0.39 is 0 Å². The number of ketones is 1. The van der Waals surface area contributed by atoms with E-state index in [4.69, 9.17) is 0 Å². The first-order valence-corrected chi connectivity index (χ1v) is 10.0. The molecule has 0 saturated heterocycles. The minimum atomic E-state index is 0.0607. The van der Waals surface area contributed by atoms with Crippen molar-refractivity contribution in [2.75, 3.05) is 13.6 Å². The zero-order valence-corrected chi connectivity index (χ0v) is 18.9. The summed E-state index contributed by atoms with van der Waals surface area (Å²) in [6, 6.07) is 0. The summed E-state index contributed by atoms with van der Waals surface area (Å²) >= 11 is 0. The van der Waals surface area contributed by atoms with Gasteiger partial charge in [0.25, 0.3) is 0 Å². The smallest absolute Gasteiger partial charge is 0.134 e. The molecule has 0 atom stereocenters. The predicted molar refractivity (Wildman–Crippen MR) is 120 cm³/mol. The Balaban J connectivity index is 5.50. The van der Waals surface area contributed by atoms with Crippen molar-refractivity contribution < 1.29 is 4.79 Å². The summed E-state index contributed by atoms with van der Waals surface area (Å²) in [5.74, 6) is 1.14. The van der Waals surface area contributed by atoms with Crippen molar-refractivity contribution >= 4 is 11.6 Å². The average molecular weight is 373 g/mol. The average Bonchev–Trinajstić information content (AvgIpc) is 2.58. The van der Waals surface area contributed by atoms with Gasteiger partial charge >= 0.3 is 0 Å². The van der Waals surface area contributed by atoms with Crippen LogP contribution in [0.1, 0.15) is 74.1 Å². The standard InChI is InChI=1S/C24H40N2O/c1-11-15-24(8,9)23(18(4)5)17-21(12-2)19(6)25-20(7)26(10)16-14-22(27)13-3/h12,17H,4,6,11,13-16H2,1-3,5,7-10H3/b21-12+,23-17+,25-20?. The maximum atomic E-state index is 11.5. The first kappa shape index (κ1) is 25.1. The Morgan fingerprint density at radius 2 is 1.78 bits per heavy atom. The fraction of sp³-hybridized carbons (Fsp3) is 0.583. The highest BCUT2D eigenvalue weighted by Crippen LogP contribution is 2.37. The maximum absolute atomic E-state index is 11.5. The van der Waals surface area contributed by atoms with E-state index in [0.29, 0.717) is 19.4 Å². The van der Waals surface area contributed by atoms with Crippen molar-refractivity contribution in [2.45, 2.75) is 74.1 Å². The van der Waals surface area contributed by atoms with Crippen LogP contribution in [-0.2, 0) is 4.79 Å². The molecule has 0 bridgehead atoms. The van der Waals surface area contributed by atoms with Gasteiger partial charge in [0.15, 0.2) is 0 Å². The van der Waals surface area contributed by atoms with Crippen LogP contribution in [0, 0.1) is 5.41 Å². The Morgan fingerprint density at radius 3 is 2.22 bits per heavy atom. The SMILES string of the molecule is C=C(C)/C(=C\C(=C/C)C(=C)N=C(C)N(C)CCC(=O)CC)C(C)(C)CCC. The minimum absolute atomic E-state index is 0.0607. The molecule has 0 radical (unpaired) electrons. The van der Waals surface area contributed by atoms with E-state index in [-0.39, 0.29) is 11.2 Å². The summed E-state index contributed by atoms with van der Waals surface area (Å²) in [6.45, 7) is 23.7. The zero-order valence-electron chi connectivity index (χ0n) is 18.9. The van der Waals surface area contributed by atoms with Crippen molar-refractivity contribution in [1.82, 2.24) is 4.90 Å². The van der Waals surface area contributed by atoms with Crippen LogP contribution in [0.2, 0.25) is 0 Å². The zero-order chi connectivity index (χ0) is 21.2. The lowest BCUT2D eigenvalue weighted by Crippen LogP contribution is -2.27. The minimum Gasteiger partial charge on any atom is -0.363 e. The van der Waals surface area contributed by atoms with Crippen LogP contribution in [0.3, 0.4) is 0 Å². The van der Waals surface area contributed by atoms with Gasteiger partial charge in [-0.05, 0) is 49.8 Å². The summed E-state index contributed by atoms with van der Waals surface area (Å²) in [6.07, 6.45) is 7.59. The Hall–Kier alpha value is -1.90.